The van der Waals surface area contributed by atoms with Crippen molar-refractivity contribution in [2.75, 3.05) is 13.7 Å². The maximum atomic E-state index is 5.18. The van der Waals surface area contributed by atoms with Crippen LogP contribution >= 0.6 is 0 Å². The first kappa shape index (κ1) is 14.8. The SMILES string of the molecule is C=CCCC(Cc1ccc(OC)cc1)NCCC. The molecule has 1 N–H and O–H groups in total. The van der Waals surface area contributed by atoms with Crippen LogP contribution in [0.5, 0.6) is 5.75 Å². The molecule has 0 bridgehead atoms. The van der Waals surface area contributed by atoms with Crippen LogP contribution in [0.15, 0.2) is 36.9 Å². The number of methoxy groups -OCH3 is 1. The Bertz CT molecular complexity index is 331. The van der Waals surface area contributed by atoms with E-state index in [0.29, 0.717) is 6.04 Å². The molecule has 0 saturated heterocycles. The van der Waals surface area contributed by atoms with Gasteiger partial charge in [-0.3, -0.25) is 0 Å². The zero-order valence-corrected chi connectivity index (χ0v) is 11.6. The van der Waals surface area contributed by atoms with Gasteiger partial charge in [-0.2, -0.15) is 0 Å². The third-order valence-electron chi connectivity index (χ3n) is 3.04. The zero-order chi connectivity index (χ0) is 13.2. The lowest BCUT2D eigenvalue weighted by Crippen LogP contribution is -2.31. The number of nitrogens with one attached hydrogen (secondary N) is 1. The minimum Gasteiger partial charge on any atom is -0.497 e. The minimum absolute atomic E-state index is 0.538. The van der Waals surface area contributed by atoms with Crippen molar-refractivity contribution in [2.45, 2.75) is 38.6 Å². The monoisotopic (exact) mass is 247 g/mol. The average Bonchev–Trinajstić information content (AvgIpc) is 2.42. The summed E-state index contributed by atoms with van der Waals surface area (Å²) in [7, 11) is 1.70. The zero-order valence-electron chi connectivity index (χ0n) is 11.6. The summed E-state index contributed by atoms with van der Waals surface area (Å²) in [6, 6.07) is 8.89. The molecule has 0 saturated carbocycles. The summed E-state index contributed by atoms with van der Waals surface area (Å²) in [5, 5.41) is 3.60. The second-order valence-electron chi connectivity index (χ2n) is 4.57. The normalized spacial score (nSPS) is 12.1. The molecule has 1 aromatic carbocycles. The number of benzene rings is 1. The van der Waals surface area contributed by atoms with E-state index in [1.54, 1.807) is 7.11 Å². The number of allylic oxidation sites excluding steroid dienone is 1. The molecule has 0 aliphatic carbocycles. The van der Waals surface area contributed by atoms with Gasteiger partial charge in [0.15, 0.2) is 0 Å². The first-order chi connectivity index (χ1) is 8.80. The van der Waals surface area contributed by atoms with E-state index in [1.165, 1.54) is 12.0 Å². The fraction of sp³-hybridized carbons (Fsp3) is 0.500. The van der Waals surface area contributed by atoms with Crippen LogP contribution in [-0.2, 0) is 6.42 Å². The molecule has 0 radical (unpaired) electrons. The van der Waals surface area contributed by atoms with Gasteiger partial charge in [-0.05, 0) is 49.9 Å². The van der Waals surface area contributed by atoms with Gasteiger partial charge in [-0.1, -0.05) is 25.1 Å². The summed E-state index contributed by atoms with van der Waals surface area (Å²) in [6.07, 6.45) is 6.45. The van der Waals surface area contributed by atoms with Crippen LogP contribution in [0.3, 0.4) is 0 Å². The molecule has 0 heterocycles. The first-order valence-corrected chi connectivity index (χ1v) is 6.77. The highest BCUT2D eigenvalue weighted by Gasteiger charge is 2.07. The lowest BCUT2D eigenvalue weighted by atomic mass is 10.0. The van der Waals surface area contributed by atoms with Gasteiger partial charge in [-0.15, -0.1) is 6.58 Å². The van der Waals surface area contributed by atoms with Crippen molar-refractivity contribution in [3.8, 4) is 5.75 Å². The second kappa shape index (κ2) is 8.76. The number of hydrogen-bond acceptors (Lipinski definition) is 2. The second-order valence-corrected chi connectivity index (χ2v) is 4.57. The predicted octanol–water partition coefficient (Wildman–Crippen LogP) is 3.57. The van der Waals surface area contributed by atoms with Crippen molar-refractivity contribution in [1.29, 1.82) is 0 Å². The van der Waals surface area contributed by atoms with Gasteiger partial charge >= 0.3 is 0 Å². The topological polar surface area (TPSA) is 21.3 Å². The van der Waals surface area contributed by atoms with E-state index in [2.05, 4.69) is 31.0 Å². The fourth-order valence-corrected chi connectivity index (χ4v) is 1.99. The largest absolute Gasteiger partial charge is 0.497 e. The van der Waals surface area contributed by atoms with E-state index < -0.39 is 0 Å². The third kappa shape index (κ3) is 5.37. The number of rotatable bonds is 9. The Morgan fingerprint density at radius 1 is 1.33 bits per heavy atom. The van der Waals surface area contributed by atoms with Crippen molar-refractivity contribution in [1.82, 2.24) is 5.32 Å². The van der Waals surface area contributed by atoms with Gasteiger partial charge in [0.1, 0.15) is 5.75 Å². The molecule has 0 aromatic heterocycles. The Morgan fingerprint density at radius 2 is 2.06 bits per heavy atom. The van der Waals surface area contributed by atoms with Crippen LogP contribution in [0.4, 0.5) is 0 Å². The summed E-state index contributed by atoms with van der Waals surface area (Å²) in [4.78, 5) is 0. The van der Waals surface area contributed by atoms with Crippen LogP contribution < -0.4 is 10.1 Å². The van der Waals surface area contributed by atoms with Crippen LogP contribution in [0.2, 0.25) is 0 Å². The van der Waals surface area contributed by atoms with E-state index in [4.69, 9.17) is 4.74 Å². The number of ether oxygens (including phenoxy) is 1. The molecule has 1 atom stereocenters. The minimum atomic E-state index is 0.538. The van der Waals surface area contributed by atoms with E-state index in [-0.39, 0.29) is 0 Å². The number of hydrogen-bond donors (Lipinski definition) is 1. The molecule has 1 unspecified atom stereocenters. The van der Waals surface area contributed by atoms with Gasteiger partial charge in [0.2, 0.25) is 0 Å². The molecule has 18 heavy (non-hydrogen) atoms. The Hall–Kier alpha value is -1.28. The molecule has 0 amide bonds. The molecule has 0 aliphatic heterocycles. The lowest BCUT2D eigenvalue weighted by Gasteiger charge is -2.18. The standard InChI is InChI=1S/C16H25NO/c1-4-6-7-15(17-12-5-2)13-14-8-10-16(18-3)11-9-14/h4,8-11,15,17H,1,5-7,12-13H2,2-3H3. The van der Waals surface area contributed by atoms with Crippen LogP contribution in [0.1, 0.15) is 31.7 Å². The highest BCUT2D eigenvalue weighted by atomic mass is 16.5. The maximum absolute atomic E-state index is 5.18. The van der Waals surface area contributed by atoms with Crippen molar-refractivity contribution < 1.29 is 4.74 Å². The quantitative estimate of drug-likeness (QED) is 0.674. The van der Waals surface area contributed by atoms with E-state index in [9.17, 15) is 0 Å². The predicted molar refractivity (Wildman–Crippen MR) is 78.2 cm³/mol. The lowest BCUT2D eigenvalue weighted by molar-refractivity contribution is 0.414. The molecule has 2 heteroatoms. The smallest absolute Gasteiger partial charge is 0.118 e. The Balaban J connectivity index is 2.53. The van der Waals surface area contributed by atoms with Crippen LogP contribution in [0, 0.1) is 0 Å². The fourth-order valence-electron chi connectivity index (χ4n) is 1.99. The Kier molecular flexibility index (Phi) is 7.19. The van der Waals surface area contributed by atoms with E-state index in [1.807, 2.05) is 18.2 Å². The Morgan fingerprint density at radius 3 is 2.61 bits per heavy atom. The van der Waals surface area contributed by atoms with Crippen LogP contribution in [-0.4, -0.2) is 19.7 Å². The van der Waals surface area contributed by atoms with E-state index >= 15 is 0 Å². The summed E-state index contributed by atoms with van der Waals surface area (Å²) in [5.74, 6) is 0.919. The highest BCUT2D eigenvalue weighted by Crippen LogP contribution is 2.14. The van der Waals surface area contributed by atoms with Crippen molar-refractivity contribution in [2.24, 2.45) is 0 Å². The maximum Gasteiger partial charge on any atom is 0.118 e. The molecule has 100 valence electrons. The van der Waals surface area contributed by atoms with Crippen molar-refractivity contribution in [3.63, 3.8) is 0 Å². The summed E-state index contributed by atoms with van der Waals surface area (Å²) in [6.45, 7) is 7.08. The van der Waals surface area contributed by atoms with E-state index in [0.717, 1.165) is 31.6 Å². The van der Waals surface area contributed by atoms with Gasteiger partial charge < -0.3 is 10.1 Å². The summed E-state index contributed by atoms with van der Waals surface area (Å²) >= 11 is 0. The summed E-state index contributed by atoms with van der Waals surface area (Å²) in [5.41, 5.74) is 1.36. The van der Waals surface area contributed by atoms with Gasteiger partial charge in [0, 0.05) is 6.04 Å². The molecule has 2 nitrogen and oxygen atoms in total. The molecular weight excluding hydrogens is 222 g/mol. The van der Waals surface area contributed by atoms with Gasteiger partial charge in [0.25, 0.3) is 0 Å². The highest BCUT2D eigenvalue weighted by molar-refractivity contribution is 5.27. The molecular formula is C16H25NO. The van der Waals surface area contributed by atoms with Crippen molar-refractivity contribution >= 4 is 0 Å². The van der Waals surface area contributed by atoms with Crippen molar-refractivity contribution in [3.05, 3.63) is 42.5 Å². The first-order valence-electron chi connectivity index (χ1n) is 6.77. The molecule has 0 aliphatic rings. The molecule has 1 aromatic rings. The van der Waals surface area contributed by atoms with Gasteiger partial charge in [-0.25, -0.2) is 0 Å². The average molecular weight is 247 g/mol. The molecule has 0 spiro atoms. The summed E-state index contributed by atoms with van der Waals surface area (Å²) < 4.78 is 5.18. The van der Waals surface area contributed by atoms with Crippen LogP contribution in [0.25, 0.3) is 0 Å². The third-order valence-corrected chi connectivity index (χ3v) is 3.04. The molecule has 0 fully saturated rings. The molecule has 1 rings (SSSR count). The van der Waals surface area contributed by atoms with Gasteiger partial charge in [0.05, 0.1) is 7.11 Å². The Labute approximate surface area is 111 Å².